The maximum absolute atomic E-state index is 12.5. The molecule has 0 saturated heterocycles. The number of aliphatic hydroxyl groups is 1. The van der Waals surface area contributed by atoms with Crippen LogP contribution in [-0.2, 0) is 6.42 Å². The summed E-state index contributed by atoms with van der Waals surface area (Å²) in [5.41, 5.74) is 2.68. The molecule has 2 aromatic carbocycles. The molecule has 1 aliphatic carbocycles. The van der Waals surface area contributed by atoms with E-state index in [0.717, 1.165) is 19.2 Å². The van der Waals surface area contributed by atoms with E-state index in [4.69, 9.17) is 0 Å². The van der Waals surface area contributed by atoms with E-state index in [-0.39, 0.29) is 11.9 Å². The van der Waals surface area contributed by atoms with Crippen molar-refractivity contribution in [2.75, 3.05) is 0 Å². The molecule has 0 heterocycles. The molecule has 0 spiro atoms. The fourth-order valence-corrected chi connectivity index (χ4v) is 3.56. The molecular weight excluding hydrogens is 445 g/mol. The second-order valence-electron chi connectivity index (χ2n) is 5.05. The number of benzene rings is 2. The second-order valence-corrected chi connectivity index (χ2v) is 7.15. The molecule has 0 bridgehead atoms. The number of carbonyl (C=O) groups is 1. The minimum atomic E-state index is -0.576. The van der Waals surface area contributed by atoms with Gasteiger partial charge in [-0.3, -0.25) is 4.79 Å². The van der Waals surface area contributed by atoms with Crippen LogP contribution in [0.3, 0.4) is 0 Å². The monoisotopic (exact) mass is 457 g/mol. The fourth-order valence-electron chi connectivity index (χ4n) is 2.64. The summed E-state index contributed by atoms with van der Waals surface area (Å²) in [5.74, 6) is -0.179. The van der Waals surface area contributed by atoms with Gasteiger partial charge in [0.25, 0.3) is 5.91 Å². The molecule has 0 radical (unpaired) electrons. The van der Waals surface area contributed by atoms with E-state index in [1.54, 1.807) is 0 Å². The van der Waals surface area contributed by atoms with E-state index < -0.39 is 6.10 Å². The first kappa shape index (κ1) is 15.0. The number of fused-ring (bicyclic) bond motifs is 1. The van der Waals surface area contributed by atoms with Crippen LogP contribution in [0.1, 0.15) is 27.5 Å². The molecule has 2 atom stereocenters. The van der Waals surface area contributed by atoms with Crippen molar-refractivity contribution in [2.24, 2.45) is 0 Å². The van der Waals surface area contributed by atoms with Crippen molar-refractivity contribution in [1.29, 1.82) is 0 Å². The Morgan fingerprint density at radius 3 is 2.86 bits per heavy atom. The van der Waals surface area contributed by atoms with Crippen molar-refractivity contribution in [3.63, 3.8) is 0 Å². The normalized spacial score (nSPS) is 20.1. The summed E-state index contributed by atoms with van der Waals surface area (Å²) in [6.45, 7) is 0. The van der Waals surface area contributed by atoms with Crippen molar-refractivity contribution >= 4 is 44.4 Å². The van der Waals surface area contributed by atoms with Gasteiger partial charge in [-0.25, -0.2) is 0 Å². The Bertz CT molecular complexity index is 704. The number of halogens is 2. The molecule has 2 N–H and O–H groups in total. The van der Waals surface area contributed by atoms with Crippen LogP contribution in [0.25, 0.3) is 0 Å². The highest BCUT2D eigenvalue weighted by Crippen LogP contribution is 2.32. The van der Waals surface area contributed by atoms with Crippen LogP contribution in [0.5, 0.6) is 0 Å². The van der Waals surface area contributed by atoms with Gasteiger partial charge in [0.2, 0.25) is 0 Å². The van der Waals surface area contributed by atoms with E-state index in [1.807, 2.05) is 42.5 Å². The highest BCUT2D eigenvalue weighted by molar-refractivity contribution is 14.1. The molecule has 2 aromatic rings. The Kier molecular flexibility index (Phi) is 4.33. The quantitative estimate of drug-likeness (QED) is 0.678. The van der Waals surface area contributed by atoms with Crippen LogP contribution < -0.4 is 5.32 Å². The van der Waals surface area contributed by atoms with Gasteiger partial charge in [0.05, 0.1) is 17.7 Å². The van der Waals surface area contributed by atoms with Gasteiger partial charge in [0.1, 0.15) is 0 Å². The molecule has 5 heteroatoms. The minimum absolute atomic E-state index is 0.179. The summed E-state index contributed by atoms with van der Waals surface area (Å²) in [6, 6.07) is 13.1. The predicted molar refractivity (Wildman–Crippen MR) is 93.2 cm³/mol. The zero-order valence-corrected chi connectivity index (χ0v) is 14.8. The zero-order chi connectivity index (χ0) is 15.0. The van der Waals surface area contributed by atoms with Gasteiger partial charge >= 0.3 is 0 Å². The molecule has 1 aliphatic rings. The lowest BCUT2D eigenvalue weighted by Gasteiger charge is -2.18. The summed E-state index contributed by atoms with van der Waals surface area (Å²) in [4.78, 5) is 12.5. The van der Waals surface area contributed by atoms with Crippen molar-refractivity contribution in [1.82, 2.24) is 5.32 Å². The maximum Gasteiger partial charge on any atom is 0.253 e. The van der Waals surface area contributed by atoms with E-state index in [0.29, 0.717) is 12.0 Å². The molecule has 108 valence electrons. The van der Waals surface area contributed by atoms with Crippen molar-refractivity contribution in [3.8, 4) is 0 Å². The second kappa shape index (κ2) is 6.06. The summed E-state index contributed by atoms with van der Waals surface area (Å²) >= 11 is 5.57. The zero-order valence-electron chi connectivity index (χ0n) is 11.0. The molecule has 0 aliphatic heterocycles. The van der Waals surface area contributed by atoms with E-state index in [2.05, 4.69) is 43.8 Å². The average molecular weight is 458 g/mol. The molecule has 0 fully saturated rings. The minimum Gasteiger partial charge on any atom is -0.390 e. The number of rotatable bonds is 2. The SMILES string of the molecule is O=C(N[C@@H]1c2ccccc2C[C@@H]1O)c1cc(I)ccc1Br. The Labute approximate surface area is 145 Å². The Morgan fingerprint density at radius 1 is 1.29 bits per heavy atom. The van der Waals surface area contributed by atoms with Crippen molar-refractivity contribution in [3.05, 3.63) is 67.2 Å². The third-order valence-electron chi connectivity index (χ3n) is 3.66. The first-order valence-corrected chi connectivity index (χ1v) is 8.45. The van der Waals surface area contributed by atoms with Crippen LogP contribution in [0, 0.1) is 3.57 Å². The molecular formula is C16H13BrINO2. The third-order valence-corrected chi connectivity index (χ3v) is 5.03. The van der Waals surface area contributed by atoms with Crippen LogP contribution in [0.4, 0.5) is 0 Å². The summed E-state index contributed by atoms with van der Waals surface area (Å²) in [6.07, 6.45) is 0.00198. The smallest absolute Gasteiger partial charge is 0.253 e. The summed E-state index contributed by atoms with van der Waals surface area (Å²) < 4.78 is 1.74. The standard InChI is InChI=1S/C16H13BrINO2/c17-13-6-5-10(18)8-12(13)16(21)19-15-11-4-2-1-3-9(11)7-14(15)20/h1-6,8,14-15,20H,7H2,(H,19,21)/t14-,15+/m0/s1. The topological polar surface area (TPSA) is 49.3 Å². The lowest BCUT2D eigenvalue weighted by atomic mass is 10.1. The molecule has 0 unspecified atom stereocenters. The van der Waals surface area contributed by atoms with Crippen molar-refractivity contribution in [2.45, 2.75) is 18.6 Å². The van der Waals surface area contributed by atoms with Crippen LogP contribution in [0.2, 0.25) is 0 Å². The lowest BCUT2D eigenvalue weighted by Crippen LogP contribution is -2.34. The van der Waals surface area contributed by atoms with Gasteiger partial charge in [-0.2, -0.15) is 0 Å². The lowest BCUT2D eigenvalue weighted by molar-refractivity contribution is 0.0857. The molecule has 21 heavy (non-hydrogen) atoms. The fraction of sp³-hybridized carbons (Fsp3) is 0.188. The molecule has 3 rings (SSSR count). The Balaban J connectivity index is 1.87. The van der Waals surface area contributed by atoms with Gasteiger partial charge in [0, 0.05) is 14.5 Å². The van der Waals surface area contributed by atoms with Crippen molar-refractivity contribution < 1.29 is 9.90 Å². The molecule has 1 amide bonds. The van der Waals surface area contributed by atoms with Crippen LogP contribution >= 0.6 is 38.5 Å². The summed E-state index contributed by atoms with van der Waals surface area (Å²) in [5, 5.41) is 13.1. The number of amides is 1. The van der Waals surface area contributed by atoms with Gasteiger partial charge in [0.15, 0.2) is 0 Å². The first-order valence-electron chi connectivity index (χ1n) is 6.58. The number of hydrogen-bond donors (Lipinski definition) is 2. The van der Waals surface area contributed by atoms with Crippen LogP contribution in [0.15, 0.2) is 46.9 Å². The van der Waals surface area contributed by atoms with Gasteiger partial charge in [-0.1, -0.05) is 24.3 Å². The molecule has 3 nitrogen and oxygen atoms in total. The Morgan fingerprint density at radius 2 is 2.05 bits per heavy atom. The predicted octanol–water partition coefficient (Wildman–Crippen LogP) is 3.44. The first-order chi connectivity index (χ1) is 10.1. The third kappa shape index (κ3) is 3.00. The van der Waals surface area contributed by atoms with E-state index in [9.17, 15) is 9.90 Å². The van der Waals surface area contributed by atoms with Gasteiger partial charge < -0.3 is 10.4 Å². The maximum atomic E-state index is 12.5. The summed E-state index contributed by atoms with van der Waals surface area (Å²) in [7, 11) is 0. The molecule has 0 saturated carbocycles. The van der Waals surface area contributed by atoms with E-state index >= 15 is 0 Å². The highest BCUT2D eigenvalue weighted by atomic mass is 127. The number of aliphatic hydroxyl groups excluding tert-OH is 1. The molecule has 0 aromatic heterocycles. The average Bonchev–Trinajstić information content (AvgIpc) is 2.78. The number of carbonyl (C=O) groups excluding carboxylic acids is 1. The number of hydrogen-bond acceptors (Lipinski definition) is 2. The van der Waals surface area contributed by atoms with E-state index in [1.165, 1.54) is 0 Å². The largest absolute Gasteiger partial charge is 0.390 e. The highest BCUT2D eigenvalue weighted by Gasteiger charge is 2.32. The van der Waals surface area contributed by atoms with Crippen LogP contribution in [-0.4, -0.2) is 17.1 Å². The van der Waals surface area contributed by atoms with Gasteiger partial charge in [-0.05, 0) is 67.8 Å². The Hall–Kier alpha value is -0.920. The number of nitrogens with one attached hydrogen (secondary N) is 1. The van der Waals surface area contributed by atoms with Gasteiger partial charge in [-0.15, -0.1) is 0 Å².